The fourth-order valence-electron chi connectivity index (χ4n) is 2.89. The molecule has 0 N–H and O–H groups in total. The number of halogens is 2. The normalized spacial score (nSPS) is 12.6. The van der Waals surface area contributed by atoms with Gasteiger partial charge in [-0.25, -0.2) is 8.42 Å². The predicted octanol–water partition coefficient (Wildman–Crippen LogP) is 4.12. The maximum absolute atomic E-state index is 12.6. The van der Waals surface area contributed by atoms with E-state index in [4.69, 9.17) is 27.9 Å². The molecule has 2 aromatic carbocycles. The summed E-state index contributed by atoms with van der Waals surface area (Å²) < 4.78 is 31.6. The number of hydrogen-bond acceptors (Lipinski definition) is 5. The third-order valence-electron chi connectivity index (χ3n) is 4.49. The van der Waals surface area contributed by atoms with Gasteiger partial charge in [0.25, 0.3) is 5.91 Å². The molecule has 30 heavy (non-hydrogen) atoms. The van der Waals surface area contributed by atoms with Gasteiger partial charge in [-0.3, -0.25) is 4.79 Å². The van der Waals surface area contributed by atoms with Gasteiger partial charge >= 0.3 is 0 Å². The molecule has 160 valence electrons. The summed E-state index contributed by atoms with van der Waals surface area (Å²) >= 11 is 14.0. The molecule has 1 aromatic heterocycles. The van der Waals surface area contributed by atoms with Crippen molar-refractivity contribution >= 4 is 60.5 Å². The van der Waals surface area contributed by atoms with E-state index in [1.54, 1.807) is 38.3 Å². The zero-order valence-corrected chi connectivity index (χ0v) is 19.5. The highest BCUT2D eigenvalue weighted by Crippen LogP contribution is 2.31. The van der Waals surface area contributed by atoms with E-state index < -0.39 is 9.84 Å². The minimum absolute atomic E-state index is 0.0269. The number of thiazole rings is 1. The molecule has 1 heterocycles. The van der Waals surface area contributed by atoms with E-state index in [2.05, 4.69) is 4.99 Å². The fraction of sp³-hybridized carbons (Fsp3) is 0.300. The third-order valence-corrected chi connectivity index (χ3v) is 8.08. The summed E-state index contributed by atoms with van der Waals surface area (Å²) in [5, 5.41) is 1.05. The largest absolute Gasteiger partial charge is 0.383 e. The number of carbonyl (C=O) groups is 1. The second-order valence-corrected chi connectivity index (χ2v) is 10.5. The Bertz CT molecular complexity index is 1250. The smallest absolute Gasteiger partial charge is 0.252 e. The van der Waals surface area contributed by atoms with Gasteiger partial charge in [-0.1, -0.05) is 53.6 Å². The minimum atomic E-state index is -3.28. The van der Waals surface area contributed by atoms with Crippen LogP contribution in [-0.4, -0.2) is 38.4 Å². The Morgan fingerprint density at radius 2 is 1.80 bits per heavy atom. The molecule has 0 saturated carbocycles. The molecule has 0 unspecified atom stereocenters. The molecule has 0 aliphatic heterocycles. The summed E-state index contributed by atoms with van der Waals surface area (Å²) in [6.07, 6.45) is 0.0481. The first-order chi connectivity index (χ1) is 14.3. The van der Waals surface area contributed by atoms with E-state index in [9.17, 15) is 13.2 Å². The van der Waals surface area contributed by atoms with E-state index in [1.165, 1.54) is 23.5 Å². The number of rotatable bonds is 7. The van der Waals surface area contributed by atoms with Gasteiger partial charge < -0.3 is 9.30 Å². The number of ether oxygens (including phenoxy) is 1. The zero-order chi connectivity index (χ0) is 21.9. The molecule has 0 spiro atoms. The van der Waals surface area contributed by atoms with Crippen LogP contribution in [0.4, 0.5) is 0 Å². The van der Waals surface area contributed by atoms with E-state index >= 15 is 0 Å². The van der Waals surface area contributed by atoms with Gasteiger partial charge in [0.05, 0.1) is 43.9 Å². The Hall–Kier alpha value is -1.71. The number of sulfone groups is 1. The molecule has 0 aliphatic rings. The number of hydrogen-bond donors (Lipinski definition) is 0. The topological polar surface area (TPSA) is 77.7 Å². The summed E-state index contributed by atoms with van der Waals surface area (Å²) in [7, 11) is -1.69. The lowest BCUT2D eigenvalue weighted by molar-refractivity contribution is -0.117. The molecule has 6 nitrogen and oxygen atoms in total. The third kappa shape index (κ3) is 4.95. The van der Waals surface area contributed by atoms with Crippen LogP contribution < -0.4 is 4.80 Å². The second kappa shape index (κ2) is 9.62. The predicted molar refractivity (Wildman–Crippen MR) is 120 cm³/mol. The number of methoxy groups -OCH3 is 1. The Morgan fingerprint density at radius 3 is 2.43 bits per heavy atom. The number of fused-ring (bicyclic) bond motifs is 1. The molecule has 0 fully saturated rings. The monoisotopic (exact) mass is 486 g/mol. The highest BCUT2D eigenvalue weighted by molar-refractivity contribution is 7.91. The molecule has 0 aliphatic carbocycles. The summed E-state index contributed by atoms with van der Waals surface area (Å²) in [5.74, 6) is -0.329. The van der Waals surface area contributed by atoms with Crippen molar-refractivity contribution in [3.05, 3.63) is 56.8 Å². The van der Waals surface area contributed by atoms with Crippen molar-refractivity contribution in [3.8, 4) is 0 Å². The first-order valence-electron chi connectivity index (χ1n) is 9.12. The van der Waals surface area contributed by atoms with Crippen molar-refractivity contribution in [2.75, 3.05) is 19.5 Å². The van der Waals surface area contributed by atoms with Crippen LogP contribution in [0.2, 0.25) is 10.0 Å². The van der Waals surface area contributed by atoms with Gasteiger partial charge in [-0.2, -0.15) is 4.99 Å². The molecule has 0 radical (unpaired) electrons. The van der Waals surface area contributed by atoms with Crippen molar-refractivity contribution in [2.24, 2.45) is 4.99 Å². The lowest BCUT2D eigenvalue weighted by atomic mass is 10.1. The lowest BCUT2D eigenvalue weighted by Crippen LogP contribution is -2.20. The lowest BCUT2D eigenvalue weighted by Gasteiger charge is -2.06. The SMILES string of the molecule is CCS(=O)(=O)c1ccc(CC(=O)N=c2sc3c(Cl)ccc(Cl)c3n2CCOC)cc1. The maximum atomic E-state index is 12.6. The van der Waals surface area contributed by atoms with Crippen molar-refractivity contribution in [2.45, 2.75) is 24.8 Å². The fourth-order valence-corrected chi connectivity index (χ4v) is 5.46. The first-order valence-corrected chi connectivity index (χ1v) is 12.3. The Kier molecular flexibility index (Phi) is 7.36. The van der Waals surface area contributed by atoms with Crippen molar-refractivity contribution in [1.29, 1.82) is 0 Å². The van der Waals surface area contributed by atoms with Gasteiger partial charge in [0.2, 0.25) is 0 Å². The van der Waals surface area contributed by atoms with E-state index in [1.807, 2.05) is 4.57 Å². The molecule has 3 rings (SSSR count). The number of aromatic nitrogens is 1. The highest BCUT2D eigenvalue weighted by Gasteiger charge is 2.15. The summed E-state index contributed by atoms with van der Waals surface area (Å²) in [6, 6.07) is 9.71. The minimum Gasteiger partial charge on any atom is -0.383 e. The molecule has 10 heteroatoms. The van der Waals surface area contributed by atoms with Gasteiger partial charge in [0.15, 0.2) is 14.6 Å². The van der Waals surface area contributed by atoms with Crippen LogP contribution in [-0.2, 0) is 32.3 Å². The highest BCUT2D eigenvalue weighted by atomic mass is 35.5. The quantitative estimate of drug-likeness (QED) is 0.503. The number of amides is 1. The van der Waals surface area contributed by atoms with Crippen LogP contribution in [0.25, 0.3) is 10.2 Å². The standard InChI is InChI=1S/C20H20Cl2N2O4S2/c1-3-30(26,27)14-6-4-13(5-7-14)12-17(25)23-20-24(10-11-28-2)18-15(21)8-9-16(22)19(18)29-20/h4-9H,3,10-12H2,1-2H3. The average Bonchev–Trinajstić information content (AvgIpc) is 3.08. The van der Waals surface area contributed by atoms with Gasteiger partial charge in [0, 0.05) is 13.7 Å². The summed E-state index contributed by atoms with van der Waals surface area (Å²) in [4.78, 5) is 17.6. The Morgan fingerprint density at radius 1 is 1.13 bits per heavy atom. The molecule has 3 aromatic rings. The molecule has 0 bridgehead atoms. The summed E-state index contributed by atoms with van der Waals surface area (Å²) in [5.41, 5.74) is 1.39. The van der Waals surface area contributed by atoms with Gasteiger partial charge in [-0.15, -0.1) is 0 Å². The number of carbonyl (C=O) groups excluding carboxylic acids is 1. The van der Waals surface area contributed by atoms with Crippen molar-refractivity contribution in [1.82, 2.24) is 4.57 Å². The average molecular weight is 487 g/mol. The van der Waals surface area contributed by atoms with Gasteiger partial charge in [0.1, 0.15) is 0 Å². The molecule has 1 amide bonds. The maximum Gasteiger partial charge on any atom is 0.252 e. The van der Waals surface area contributed by atoms with Crippen LogP contribution in [0.15, 0.2) is 46.3 Å². The second-order valence-electron chi connectivity index (χ2n) is 6.47. The number of nitrogens with zero attached hydrogens (tertiary/aromatic N) is 2. The van der Waals surface area contributed by atoms with E-state index in [0.717, 1.165) is 4.70 Å². The van der Waals surface area contributed by atoms with Crippen LogP contribution in [0, 0.1) is 0 Å². The molecule has 0 saturated heterocycles. The molecular weight excluding hydrogens is 467 g/mol. The van der Waals surface area contributed by atoms with Crippen molar-refractivity contribution < 1.29 is 17.9 Å². The number of benzene rings is 2. The Labute approximate surface area is 188 Å². The Balaban J connectivity index is 1.95. The van der Waals surface area contributed by atoms with Crippen molar-refractivity contribution in [3.63, 3.8) is 0 Å². The van der Waals surface area contributed by atoms with Gasteiger partial charge in [-0.05, 0) is 29.8 Å². The van der Waals surface area contributed by atoms with E-state index in [0.29, 0.717) is 39.1 Å². The van der Waals surface area contributed by atoms with Crippen LogP contribution in [0.3, 0.4) is 0 Å². The van der Waals surface area contributed by atoms with Crippen LogP contribution >= 0.6 is 34.5 Å². The first kappa shape index (κ1) is 23.0. The molecular formula is C20H20Cl2N2O4S2. The molecule has 0 atom stereocenters. The zero-order valence-electron chi connectivity index (χ0n) is 16.4. The van der Waals surface area contributed by atoms with E-state index in [-0.39, 0.29) is 23.0 Å². The summed E-state index contributed by atoms with van der Waals surface area (Å²) in [6.45, 7) is 2.48. The van der Waals surface area contributed by atoms with Crippen LogP contribution in [0.1, 0.15) is 12.5 Å². The van der Waals surface area contributed by atoms with Crippen LogP contribution in [0.5, 0.6) is 0 Å².